The van der Waals surface area contributed by atoms with E-state index < -0.39 is 5.91 Å². The Labute approximate surface area is 62.6 Å². The minimum Gasteiger partial charge on any atom is -0.364 e. The summed E-state index contributed by atoms with van der Waals surface area (Å²) in [4.78, 5) is 10.9. The highest BCUT2D eigenvalue weighted by Gasteiger charge is 2.06. The number of rotatable bonds is 2. The van der Waals surface area contributed by atoms with E-state index in [4.69, 9.17) is 5.26 Å². The summed E-state index contributed by atoms with van der Waals surface area (Å²) in [5, 5.41) is 13.8. The average Bonchev–Trinajstić information content (AvgIpc) is 2.52. The molecule has 1 aromatic rings. The van der Waals surface area contributed by atoms with Gasteiger partial charge in [-0.1, -0.05) is 5.16 Å². The van der Waals surface area contributed by atoms with E-state index in [-0.39, 0.29) is 12.2 Å². The number of carbonyl (C=O) groups excluding carboxylic acids is 1. The van der Waals surface area contributed by atoms with Crippen molar-refractivity contribution in [2.45, 2.75) is 0 Å². The predicted molar refractivity (Wildman–Crippen MR) is 34.4 cm³/mol. The number of carbonyl (C=O) groups is 1. The zero-order chi connectivity index (χ0) is 8.10. The number of aromatic nitrogens is 1. The summed E-state index contributed by atoms with van der Waals surface area (Å²) in [7, 11) is 0. The van der Waals surface area contributed by atoms with Gasteiger partial charge in [0.25, 0.3) is 5.91 Å². The van der Waals surface area contributed by atoms with E-state index in [9.17, 15) is 4.79 Å². The lowest BCUT2D eigenvalue weighted by Gasteiger charge is -1.92. The van der Waals surface area contributed by atoms with E-state index >= 15 is 0 Å². The molecule has 0 aliphatic rings. The Morgan fingerprint density at radius 1 is 1.91 bits per heavy atom. The number of nitrogens with zero attached hydrogens (tertiary/aromatic N) is 2. The lowest BCUT2D eigenvalue weighted by molar-refractivity contribution is 0.0949. The Morgan fingerprint density at radius 3 is 3.27 bits per heavy atom. The summed E-state index contributed by atoms with van der Waals surface area (Å²) in [5.74, 6) is -0.402. The van der Waals surface area contributed by atoms with Crippen LogP contribution in [0.5, 0.6) is 0 Å². The molecule has 0 aliphatic heterocycles. The van der Waals surface area contributed by atoms with Crippen LogP contribution in [0.25, 0.3) is 0 Å². The van der Waals surface area contributed by atoms with Crippen molar-refractivity contribution in [2.24, 2.45) is 0 Å². The van der Waals surface area contributed by atoms with Crippen LogP contribution in [-0.4, -0.2) is 17.6 Å². The van der Waals surface area contributed by atoms with Gasteiger partial charge in [0.05, 0.1) is 6.07 Å². The number of nitriles is 1. The van der Waals surface area contributed by atoms with Gasteiger partial charge in [0, 0.05) is 6.07 Å². The summed E-state index contributed by atoms with van der Waals surface area (Å²) in [6.45, 7) is -0.0221. The van der Waals surface area contributed by atoms with Gasteiger partial charge in [0.15, 0.2) is 5.69 Å². The molecule has 56 valence electrons. The van der Waals surface area contributed by atoms with Crippen molar-refractivity contribution in [3.63, 3.8) is 0 Å². The molecule has 5 nitrogen and oxygen atoms in total. The molecule has 0 spiro atoms. The summed E-state index contributed by atoms with van der Waals surface area (Å²) >= 11 is 0. The first-order chi connectivity index (χ1) is 5.34. The Morgan fingerprint density at radius 2 is 2.73 bits per heavy atom. The van der Waals surface area contributed by atoms with Crippen molar-refractivity contribution in [3.8, 4) is 6.07 Å². The van der Waals surface area contributed by atoms with Crippen LogP contribution in [0.4, 0.5) is 0 Å². The van der Waals surface area contributed by atoms with Crippen LogP contribution in [0.1, 0.15) is 10.5 Å². The molecule has 0 radical (unpaired) electrons. The molecule has 1 amide bonds. The molecular formula is C6H5N3O2. The van der Waals surface area contributed by atoms with Gasteiger partial charge in [-0.25, -0.2) is 0 Å². The minimum atomic E-state index is -0.402. The Bertz CT molecular complexity index is 273. The molecule has 1 heterocycles. The lowest BCUT2D eigenvalue weighted by Crippen LogP contribution is -2.23. The molecule has 5 heteroatoms. The highest BCUT2D eigenvalue weighted by Crippen LogP contribution is 1.92. The second kappa shape index (κ2) is 3.37. The Hall–Kier alpha value is -1.83. The number of hydrogen-bond donors (Lipinski definition) is 1. The van der Waals surface area contributed by atoms with Crippen molar-refractivity contribution in [3.05, 3.63) is 18.0 Å². The third-order valence-electron chi connectivity index (χ3n) is 0.998. The minimum absolute atomic E-state index is 0.0221. The van der Waals surface area contributed by atoms with Gasteiger partial charge < -0.3 is 9.84 Å². The fourth-order valence-corrected chi connectivity index (χ4v) is 0.540. The maximum absolute atomic E-state index is 10.9. The largest absolute Gasteiger partial charge is 0.364 e. The van der Waals surface area contributed by atoms with Crippen molar-refractivity contribution >= 4 is 5.91 Å². The maximum Gasteiger partial charge on any atom is 0.274 e. The topological polar surface area (TPSA) is 78.9 Å². The van der Waals surface area contributed by atoms with Gasteiger partial charge in [-0.3, -0.25) is 4.79 Å². The molecule has 0 bridgehead atoms. The van der Waals surface area contributed by atoms with Crippen LogP contribution in [0.3, 0.4) is 0 Å². The van der Waals surface area contributed by atoms with Crippen LogP contribution in [0.2, 0.25) is 0 Å². The predicted octanol–water partition coefficient (Wildman–Crippen LogP) is -0.0720. The first-order valence-corrected chi connectivity index (χ1v) is 2.90. The first-order valence-electron chi connectivity index (χ1n) is 2.90. The molecular weight excluding hydrogens is 146 g/mol. The second-order valence-electron chi connectivity index (χ2n) is 1.73. The third-order valence-corrected chi connectivity index (χ3v) is 0.998. The molecule has 1 rings (SSSR count). The summed E-state index contributed by atoms with van der Waals surface area (Å²) in [5.41, 5.74) is 0.181. The first kappa shape index (κ1) is 7.28. The smallest absolute Gasteiger partial charge is 0.274 e. The molecule has 0 aliphatic carbocycles. The molecule has 1 aromatic heterocycles. The van der Waals surface area contributed by atoms with Crippen molar-refractivity contribution in [1.82, 2.24) is 10.5 Å². The SMILES string of the molecule is N#CCNC(=O)c1ccon1. The van der Waals surface area contributed by atoms with E-state index in [0.717, 1.165) is 0 Å². The monoisotopic (exact) mass is 151 g/mol. The van der Waals surface area contributed by atoms with Crippen LogP contribution in [0.15, 0.2) is 16.9 Å². The number of amides is 1. The van der Waals surface area contributed by atoms with E-state index in [0.29, 0.717) is 0 Å². The maximum atomic E-state index is 10.9. The highest BCUT2D eigenvalue weighted by atomic mass is 16.5. The second-order valence-corrected chi connectivity index (χ2v) is 1.73. The van der Waals surface area contributed by atoms with E-state index in [2.05, 4.69) is 15.0 Å². The molecule has 0 atom stereocenters. The summed E-state index contributed by atoms with van der Waals surface area (Å²) < 4.78 is 4.42. The van der Waals surface area contributed by atoms with Gasteiger partial charge in [-0.05, 0) is 0 Å². The number of hydrogen-bond acceptors (Lipinski definition) is 4. The molecule has 0 unspecified atom stereocenters. The molecule has 11 heavy (non-hydrogen) atoms. The number of nitrogens with one attached hydrogen (secondary N) is 1. The van der Waals surface area contributed by atoms with Gasteiger partial charge in [-0.15, -0.1) is 0 Å². The van der Waals surface area contributed by atoms with Gasteiger partial charge in [0.2, 0.25) is 0 Å². The Balaban J connectivity index is 2.51. The fourth-order valence-electron chi connectivity index (χ4n) is 0.540. The molecule has 0 aromatic carbocycles. The van der Waals surface area contributed by atoms with Crippen molar-refractivity contribution in [2.75, 3.05) is 6.54 Å². The molecule has 0 saturated carbocycles. The average molecular weight is 151 g/mol. The fraction of sp³-hybridized carbons (Fsp3) is 0.167. The molecule has 0 saturated heterocycles. The summed E-state index contributed by atoms with van der Waals surface area (Å²) in [6.07, 6.45) is 1.29. The van der Waals surface area contributed by atoms with Gasteiger partial charge in [-0.2, -0.15) is 5.26 Å². The van der Waals surface area contributed by atoms with Crippen molar-refractivity contribution < 1.29 is 9.32 Å². The quantitative estimate of drug-likeness (QED) is 0.600. The van der Waals surface area contributed by atoms with Gasteiger partial charge in [0.1, 0.15) is 12.8 Å². The highest BCUT2D eigenvalue weighted by molar-refractivity contribution is 5.92. The van der Waals surface area contributed by atoms with E-state index in [1.54, 1.807) is 6.07 Å². The van der Waals surface area contributed by atoms with Crippen LogP contribution >= 0.6 is 0 Å². The normalized spacial score (nSPS) is 8.64. The van der Waals surface area contributed by atoms with Crippen molar-refractivity contribution in [1.29, 1.82) is 5.26 Å². The lowest BCUT2D eigenvalue weighted by atomic mass is 10.4. The van der Waals surface area contributed by atoms with E-state index in [1.807, 2.05) is 0 Å². The van der Waals surface area contributed by atoms with Gasteiger partial charge >= 0.3 is 0 Å². The third kappa shape index (κ3) is 1.79. The standard InChI is InChI=1S/C6H5N3O2/c7-2-3-8-6(10)5-1-4-11-9-5/h1,4H,3H2,(H,8,10). The Kier molecular flexibility index (Phi) is 2.23. The van der Waals surface area contributed by atoms with E-state index in [1.165, 1.54) is 12.3 Å². The molecule has 0 fully saturated rings. The zero-order valence-corrected chi connectivity index (χ0v) is 5.57. The van der Waals surface area contributed by atoms with Crippen LogP contribution in [-0.2, 0) is 0 Å². The zero-order valence-electron chi connectivity index (χ0n) is 5.57. The molecule has 1 N–H and O–H groups in total. The summed E-state index contributed by atoms with van der Waals surface area (Å²) in [6, 6.07) is 3.19. The van der Waals surface area contributed by atoms with Crippen LogP contribution in [0, 0.1) is 11.3 Å². The van der Waals surface area contributed by atoms with Crippen LogP contribution < -0.4 is 5.32 Å².